The van der Waals surface area contributed by atoms with Crippen LogP contribution in [0.2, 0.25) is 0 Å². The maximum absolute atomic E-state index is 12.6. The highest BCUT2D eigenvalue weighted by Gasteiger charge is 2.37. The summed E-state index contributed by atoms with van der Waals surface area (Å²) in [5, 5.41) is 6.37. The minimum Gasteiger partial charge on any atom is -0.325 e. The van der Waals surface area contributed by atoms with Gasteiger partial charge in [-0.05, 0) is 55.0 Å². The molecular weight excluding hydrogens is 290 g/mol. The number of anilines is 2. The molecule has 3 rings (SSSR count). The number of piperidine rings is 1. The van der Waals surface area contributed by atoms with Crippen LogP contribution in [0.15, 0.2) is 18.2 Å². The Bertz CT molecular complexity index is 639. The minimum absolute atomic E-state index is 0.0241. The van der Waals surface area contributed by atoms with Crippen molar-refractivity contribution in [3.63, 3.8) is 0 Å². The van der Waals surface area contributed by atoms with Crippen LogP contribution in [-0.4, -0.2) is 30.9 Å². The van der Waals surface area contributed by atoms with E-state index in [1.165, 1.54) is 0 Å². The zero-order valence-electron chi connectivity index (χ0n) is 14.1. The van der Waals surface area contributed by atoms with E-state index in [9.17, 15) is 9.59 Å². The van der Waals surface area contributed by atoms with E-state index >= 15 is 0 Å². The molecule has 124 valence electrons. The Balaban J connectivity index is 1.74. The van der Waals surface area contributed by atoms with Gasteiger partial charge in [-0.25, -0.2) is 0 Å². The van der Waals surface area contributed by atoms with Gasteiger partial charge >= 0.3 is 0 Å². The Hall–Kier alpha value is -1.88. The lowest BCUT2D eigenvalue weighted by molar-refractivity contribution is -0.121. The molecule has 1 saturated heterocycles. The Labute approximate surface area is 137 Å². The van der Waals surface area contributed by atoms with E-state index in [0.29, 0.717) is 0 Å². The van der Waals surface area contributed by atoms with Crippen LogP contribution in [0.3, 0.4) is 0 Å². The highest BCUT2D eigenvalue weighted by Crippen LogP contribution is 2.33. The summed E-state index contributed by atoms with van der Waals surface area (Å²) >= 11 is 0. The molecule has 0 saturated carbocycles. The predicted molar refractivity (Wildman–Crippen MR) is 91.6 cm³/mol. The summed E-state index contributed by atoms with van der Waals surface area (Å²) in [4.78, 5) is 26.0. The molecule has 0 bridgehead atoms. The number of amides is 2. The van der Waals surface area contributed by atoms with Crippen molar-refractivity contribution in [3.05, 3.63) is 23.8 Å². The average molecular weight is 315 g/mol. The van der Waals surface area contributed by atoms with Crippen molar-refractivity contribution in [2.24, 2.45) is 5.41 Å². The van der Waals surface area contributed by atoms with Gasteiger partial charge in [0.25, 0.3) is 0 Å². The van der Waals surface area contributed by atoms with Crippen LogP contribution in [0.5, 0.6) is 0 Å². The number of benzene rings is 1. The average Bonchev–Trinajstić information content (AvgIpc) is 2.89. The van der Waals surface area contributed by atoms with Gasteiger partial charge in [0, 0.05) is 24.8 Å². The second kappa shape index (κ2) is 5.96. The number of fused-ring (bicyclic) bond motifs is 1. The number of nitrogens with one attached hydrogen (secondary N) is 2. The summed E-state index contributed by atoms with van der Waals surface area (Å²) in [7, 11) is 0. The molecule has 2 heterocycles. The Morgan fingerprint density at radius 1 is 1.35 bits per heavy atom. The van der Waals surface area contributed by atoms with E-state index in [4.69, 9.17) is 0 Å². The van der Waals surface area contributed by atoms with Gasteiger partial charge < -0.3 is 15.5 Å². The molecule has 2 aliphatic heterocycles. The third-order valence-electron chi connectivity index (χ3n) is 5.01. The molecule has 0 aromatic heterocycles. The first-order valence-corrected chi connectivity index (χ1v) is 8.34. The zero-order chi connectivity index (χ0) is 16.6. The van der Waals surface area contributed by atoms with E-state index in [-0.39, 0.29) is 23.3 Å². The monoisotopic (exact) mass is 315 g/mol. The van der Waals surface area contributed by atoms with Crippen molar-refractivity contribution >= 4 is 23.2 Å². The van der Waals surface area contributed by atoms with Crippen molar-refractivity contribution in [2.75, 3.05) is 23.3 Å². The fourth-order valence-corrected chi connectivity index (χ4v) is 3.68. The number of carbonyl (C=O) groups excluding carboxylic acids is 2. The smallest absolute Gasteiger partial charge is 0.242 e. The summed E-state index contributed by atoms with van der Waals surface area (Å²) in [6.45, 7) is 7.47. The van der Waals surface area contributed by atoms with E-state index < -0.39 is 0 Å². The molecule has 2 N–H and O–H groups in total. The zero-order valence-corrected chi connectivity index (χ0v) is 14.1. The topological polar surface area (TPSA) is 61.4 Å². The fourth-order valence-electron chi connectivity index (χ4n) is 3.68. The van der Waals surface area contributed by atoms with E-state index in [1.807, 2.05) is 18.2 Å². The molecule has 0 radical (unpaired) electrons. The van der Waals surface area contributed by atoms with E-state index in [2.05, 4.69) is 24.5 Å². The lowest BCUT2D eigenvalue weighted by atomic mass is 9.77. The molecule has 23 heavy (non-hydrogen) atoms. The number of rotatable bonds is 2. The van der Waals surface area contributed by atoms with Crippen LogP contribution in [-0.2, 0) is 16.0 Å². The number of hydrogen-bond acceptors (Lipinski definition) is 3. The Morgan fingerprint density at radius 3 is 2.83 bits per heavy atom. The summed E-state index contributed by atoms with van der Waals surface area (Å²) in [5.74, 6) is 0.0877. The molecular formula is C18H25N3O2. The number of nitrogens with zero attached hydrogens (tertiary/aromatic N) is 1. The van der Waals surface area contributed by atoms with Crippen LogP contribution in [0.1, 0.15) is 39.2 Å². The molecule has 2 amide bonds. The molecule has 0 aliphatic carbocycles. The van der Waals surface area contributed by atoms with Gasteiger partial charge in [0.15, 0.2) is 0 Å². The standard InChI is InChI=1S/C18H25N3O2/c1-12(22)21-10-7-13-11-14(5-6-15(13)21)20-17(23)16-18(2,3)8-4-9-19-16/h5-6,11,16,19H,4,7-10H2,1-3H3,(H,20,23). The van der Waals surface area contributed by atoms with E-state index in [1.54, 1.807) is 11.8 Å². The third kappa shape index (κ3) is 3.11. The van der Waals surface area contributed by atoms with Gasteiger partial charge in [0.2, 0.25) is 11.8 Å². The van der Waals surface area contributed by atoms with Crippen molar-refractivity contribution < 1.29 is 9.59 Å². The van der Waals surface area contributed by atoms with Crippen molar-refractivity contribution in [2.45, 2.75) is 46.1 Å². The third-order valence-corrected chi connectivity index (χ3v) is 5.01. The minimum atomic E-state index is -0.168. The first-order valence-electron chi connectivity index (χ1n) is 8.34. The quantitative estimate of drug-likeness (QED) is 0.880. The number of hydrogen-bond donors (Lipinski definition) is 2. The lowest BCUT2D eigenvalue weighted by Gasteiger charge is -2.38. The van der Waals surface area contributed by atoms with Gasteiger partial charge in [-0.2, -0.15) is 0 Å². The molecule has 2 aliphatic rings. The second-order valence-electron chi connectivity index (χ2n) is 7.23. The SMILES string of the molecule is CC(=O)N1CCc2cc(NC(=O)C3NCCCC3(C)C)ccc21. The first kappa shape index (κ1) is 16.0. The van der Waals surface area contributed by atoms with Crippen LogP contribution in [0.25, 0.3) is 0 Å². The summed E-state index contributed by atoms with van der Waals surface area (Å²) in [6.07, 6.45) is 3.00. The van der Waals surface area contributed by atoms with Crippen LogP contribution in [0, 0.1) is 5.41 Å². The van der Waals surface area contributed by atoms with Gasteiger partial charge in [0.05, 0.1) is 6.04 Å². The molecule has 5 nitrogen and oxygen atoms in total. The van der Waals surface area contributed by atoms with Crippen molar-refractivity contribution in [1.82, 2.24) is 5.32 Å². The van der Waals surface area contributed by atoms with Crippen molar-refractivity contribution in [1.29, 1.82) is 0 Å². The number of carbonyl (C=O) groups is 2. The largest absolute Gasteiger partial charge is 0.325 e. The Morgan fingerprint density at radius 2 is 2.13 bits per heavy atom. The summed E-state index contributed by atoms with van der Waals surface area (Å²) < 4.78 is 0. The Kier molecular flexibility index (Phi) is 4.15. The maximum Gasteiger partial charge on any atom is 0.242 e. The van der Waals surface area contributed by atoms with Crippen molar-refractivity contribution in [3.8, 4) is 0 Å². The molecule has 1 aromatic carbocycles. The van der Waals surface area contributed by atoms with Gasteiger partial charge in [-0.1, -0.05) is 13.8 Å². The molecule has 1 unspecified atom stereocenters. The first-order chi connectivity index (χ1) is 10.9. The second-order valence-corrected chi connectivity index (χ2v) is 7.23. The molecule has 1 aromatic rings. The van der Waals surface area contributed by atoms with Gasteiger partial charge in [-0.3, -0.25) is 9.59 Å². The highest BCUT2D eigenvalue weighted by molar-refractivity contribution is 5.97. The fraction of sp³-hybridized carbons (Fsp3) is 0.556. The van der Waals surface area contributed by atoms with Crippen LogP contribution >= 0.6 is 0 Å². The van der Waals surface area contributed by atoms with Crippen LogP contribution in [0.4, 0.5) is 11.4 Å². The molecule has 0 spiro atoms. The summed E-state index contributed by atoms with van der Waals surface area (Å²) in [5.41, 5.74) is 2.85. The summed E-state index contributed by atoms with van der Waals surface area (Å²) in [6, 6.07) is 5.64. The van der Waals surface area contributed by atoms with Gasteiger partial charge in [-0.15, -0.1) is 0 Å². The maximum atomic E-state index is 12.6. The normalized spacial score (nSPS) is 22.6. The highest BCUT2D eigenvalue weighted by atomic mass is 16.2. The van der Waals surface area contributed by atoms with Crippen LogP contribution < -0.4 is 15.5 Å². The van der Waals surface area contributed by atoms with Gasteiger partial charge in [0.1, 0.15) is 0 Å². The predicted octanol–water partition coefficient (Wildman–Crippen LogP) is 2.31. The van der Waals surface area contributed by atoms with E-state index in [0.717, 1.165) is 49.3 Å². The molecule has 1 atom stereocenters. The lowest BCUT2D eigenvalue weighted by Crippen LogP contribution is -2.53. The molecule has 5 heteroatoms. The molecule has 1 fully saturated rings.